The van der Waals surface area contributed by atoms with Crippen LogP contribution in [0.3, 0.4) is 0 Å². The highest BCUT2D eigenvalue weighted by atomic mass is 16.1. The van der Waals surface area contributed by atoms with Crippen molar-refractivity contribution in [3.05, 3.63) is 87.5 Å². The van der Waals surface area contributed by atoms with Crippen LogP contribution in [0.2, 0.25) is 0 Å². The molecule has 132 valence electrons. The van der Waals surface area contributed by atoms with Crippen LogP contribution in [0, 0.1) is 25.2 Å². The highest BCUT2D eigenvalue weighted by Crippen LogP contribution is 2.24. The number of H-pyrrole nitrogens is 1. The van der Waals surface area contributed by atoms with Crippen LogP contribution in [0.1, 0.15) is 22.3 Å². The number of benzene rings is 2. The number of imidazole rings is 1. The summed E-state index contributed by atoms with van der Waals surface area (Å²) in [5, 5.41) is 9.32. The van der Waals surface area contributed by atoms with Crippen LogP contribution in [-0.4, -0.2) is 14.5 Å². The van der Waals surface area contributed by atoms with Gasteiger partial charge in [-0.1, -0.05) is 47.5 Å². The summed E-state index contributed by atoms with van der Waals surface area (Å²) in [7, 11) is 0. The number of fused-ring (bicyclic) bond motifs is 1. The Morgan fingerprint density at radius 2 is 1.81 bits per heavy atom. The number of aromatic nitrogens is 3. The van der Waals surface area contributed by atoms with Crippen molar-refractivity contribution < 1.29 is 0 Å². The van der Waals surface area contributed by atoms with E-state index >= 15 is 0 Å². The Kier molecular flexibility index (Phi) is 4.09. The fourth-order valence-electron chi connectivity index (χ4n) is 3.43. The van der Waals surface area contributed by atoms with E-state index in [-0.39, 0.29) is 5.69 Å². The van der Waals surface area contributed by atoms with E-state index < -0.39 is 0 Å². The minimum Gasteiger partial charge on any atom is -0.290 e. The van der Waals surface area contributed by atoms with Crippen LogP contribution in [0.25, 0.3) is 22.3 Å². The van der Waals surface area contributed by atoms with Gasteiger partial charge in [-0.05, 0) is 37.1 Å². The van der Waals surface area contributed by atoms with Gasteiger partial charge in [-0.25, -0.2) is 9.78 Å². The Labute approximate surface area is 156 Å². The number of aryl methyl sites for hydroxylation is 2. The van der Waals surface area contributed by atoms with Crippen LogP contribution >= 0.6 is 0 Å². The van der Waals surface area contributed by atoms with Crippen molar-refractivity contribution in [2.75, 3.05) is 0 Å². The van der Waals surface area contributed by atoms with Gasteiger partial charge in [0.15, 0.2) is 5.65 Å². The molecule has 5 heteroatoms. The van der Waals surface area contributed by atoms with Gasteiger partial charge in [0.05, 0.1) is 23.7 Å². The van der Waals surface area contributed by atoms with E-state index in [1.165, 1.54) is 11.1 Å². The summed E-state index contributed by atoms with van der Waals surface area (Å²) in [6, 6.07) is 17.8. The molecular formula is C22H18N4O. The first-order chi connectivity index (χ1) is 13.0. The third-order valence-electron chi connectivity index (χ3n) is 4.65. The number of hydrogen-bond acceptors (Lipinski definition) is 3. The number of rotatable bonds is 3. The maximum absolute atomic E-state index is 12.5. The van der Waals surface area contributed by atoms with Gasteiger partial charge in [-0.3, -0.25) is 9.55 Å². The van der Waals surface area contributed by atoms with Gasteiger partial charge in [0.25, 0.3) is 0 Å². The molecule has 5 nitrogen and oxygen atoms in total. The Morgan fingerprint density at radius 1 is 1.07 bits per heavy atom. The van der Waals surface area contributed by atoms with Crippen LogP contribution in [-0.2, 0) is 6.54 Å². The van der Waals surface area contributed by atoms with Crippen LogP contribution in [0.5, 0.6) is 0 Å². The van der Waals surface area contributed by atoms with Gasteiger partial charge in [0.2, 0.25) is 0 Å². The van der Waals surface area contributed by atoms with Crippen molar-refractivity contribution in [3.63, 3.8) is 0 Å². The quantitative estimate of drug-likeness (QED) is 0.606. The molecule has 0 fully saturated rings. The second kappa shape index (κ2) is 6.58. The Balaban J connectivity index is 1.85. The van der Waals surface area contributed by atoms with Gasteiger partial charge in [-0.15, -0.1) is 0 Å². The molecule has 1 N–H and O–H groups in total. The number of nitrogens with zero attached hydrogens (tertiary/aromatic N) is 3. The zero-order chi connectivity index (χ0) is 19.0. The standard InChI is InChI=1S/C22H18N4O/c1-14-7-15(2)9-18(8-14)19-10-20-21(24-12-19)25-22(27)26(20)13-17-6-4-3-5-16(17)11-23/h3-10,12H,13H2,1-2H3,(H,24,25,27). The predicted molar refractivity (Wildman–Crippen MR) is 106 cm³/mol. The van der Waals surface area contributed by atoms with Gasteiger partial charge in [0, 0.05) is 11.8 Å². The lowest BCUT2D eigenvalue weighted by atomic mass is 10.0. The molecule has 0 saturated heterocycles. The fraction of sp³-hybridized carbons (Fsp3) is 0.136. The van der Waals surface area contributed by atoms with Gasteiger partial charge in [0.1, 0.15) is 0 Å². The first-order valence-corrected chi connectivity index (χ1v) is 8.70. The molecule has 0 unspecified atom stereocenters. The first-order valence-electron chi connectivity index (χ1n) is 8.70. The molecule has 0 spiro atoms. The second-order valence-corrected chi connectivity index (χ2v) is 6.75. The summed E-state index contributed by atoms with van der Waals surface area (Å²) in [4.78, 5) is 19.7. The molecule has 4 rings (SSSR count). The van der Waals surface area contributed by atoms with E-state index in [1.54, 1.807) is 16.8 Å². The van der Waals surface area contributed by atoms with Crippen molar-refractivity contribution in [3.8, 4) is 17.2 Å². The molecule has 27 heavy (non-hydrogen) atoms. The average Bonchev–Trinajstić information content (AvgIpc) is 2.96. The summed E-state index contributed by atoms with van der Waals surface area (Å²) < 4.78 is 1.63. The summed E-state index contributed by atoms with van der Waals surface area (Å²) in [6.07, 6.45) is 1.78. The molecule has 0 radical (unpaired) electrons. The monoisotopic (exact) mass is 354 g/mol. The molecule has 2 aromatic heterocycles. The van der Waals surface area contributed by atoms with Crippen LogP contribution in [0.15, 0.2) is 59.5 Å². The zero-order valence-electron chi connectivity index (χ0n) is 15.2. The molecular weight excluding hydrogens is 336 g/mol. The van der Waals surface area contributed by atoms with Crippen LogP contribution in [0.4, 0.5) is 0 Å². The van der Waals surface area contributed by atoms with E-state index in [0.29, 0.717) is 17.8 Å². The van der Waals surface area contributed by atoms with Crippen molar-refractivity contribution in [1.82, 2.24) is 14.5 Å². The Morgan fingerprint density at radius 3 is 2.56 bits per heavy atom. The number of aromatic amines is 1. The maximum atomic E-state index is 12.5. The number of nitriles is 1. The highest BCUT2D eigenvalue weighted by Gasteiger charge is 2.12. The molecule has 0 aliphatic carbocycles. The summed E-state index contributed by atoms with van der Waals surface area (Å²) >= 11 is 0. The van der Waals surface area contributed by atoms with Crippen LogP contribution < -0.4 is 5.69 Å². The summed E-state index contributed by atoms with van der Waals surface area (Å²) in [5.41, 5.74) is 6.79. The zero-order valence-corrected chi connectivity index (χ0v) is 15.2. The second-order valence-electron chi connectivity index (χ2n) is 6.75. The van der Waals surface area contributed by atoms with E-state index in [2.05, 4.69) is 48.1 Å². The van der Waals surface area contributed by atoms with Crippen molar-refractivity contribution in [2.24, 2.45) is 0 Å². The maximum Gasteiger partial charge on any atom is 0.327 e. The lowest BCUT2D eigenvalue weighted by Crippen LogP contribution is -2.17. The van der Waals surface area contributed by atoms with E-state index in [0.717, 1.165) is 22.2 Å². The molecule has 2 aromatic carbocycles. The molecule has 2 heterocycles. The minimum atomic E-state index is -0.234. The highest BCUT2D eigenvalue weighted by molar-refractivity contribution is 5.78. The van der Waals surface area contributed by atoms with E-state index in [4.69, 9.17) is 0 Å². The molecule has 0 amide bonds. The normalized spacial score (nSPS) is 10.9. The third-order valence-corrected chi connectivity index (χ3v) is 4.65. The molecule has 0 bridgehead atoms. The average molecular weight is 354 g/mol. The van der Waals surface area contributed by atoms with Crippen molar-refractivity contribution in [2.45, 2.75) is 20.4 Å². The van der Waals surface area contributed by atoms with Gasteiger partial charge < -0.3 is 0 Å². The lowest BCUT2D eigenvalue weighted by molar-refractivity contribution is 0.785. The topological polar surface area (TPSA) is 74.5 Å². The largest absolute Gasteiger partial charge is 0.327 e. The summed E-state index contributed by atoms with van der Waals surface area (Å²) in [6.45, 7) is 4.45. The molecule has 0 atom stereocenters. The van der Waals surface area contributed by atoms with Crippen molar-refractivity contribution in [1.29, 1.82) is 5.26 Å². The Bertz CT molecular complexity index is 1240. The Hall–Kier alpha value is -3.65. The predicted octanol–water partition coefficient (Wildman–Crippen LogP) is 3.93. The SMILES string of the molecule is Cc1cc(C)cc(-c2cnc3[nH]c(=O)n(Cc4ccccc4C#N)c3c2)c1. The minimum absolute atomic E-state index is 0.234. The molecule has 0 aliphatic rings. The van der Waals surface area contributed by atoms with Crippen molar-refractivity contribution >= 4 is 11.2 Å². The lowest BCUT2D eigenvalue weighted by Gasteiger charge is -2.08. The van der Waals surface area contributed by atoms with Gasteiger partial charge in [-0.2, -0.15) is 5.26 Å². The van der Waals surface area contributed by atoms with E-state index in [1.807, 2.05) is 24.3 Å². The smallest absolute Gasteiger partial charge is 0.290 e. The number of pyridine rings is 1. The number of hydrogen-bond donors (Lipinski definition) is 1. The molecule has 4 aromatic rings. The third kappa shape index (κ3) is 3.13. The molecule has 0 saturated carbocycles. The summed E-state index contributed by atoms with van der Waals surface area (Å²) in [5.74, 6) is 0. The molecule has 0 aliphatic heterocycles. The van der Waals surface area contributed by atoms with E-state index in [9.17, 15) is 10.1 Å². The number of nitrogens with one attached hydrogen (secondary N) is 1. The first kappa shape index (κ1) is 16.8. The fourth-order valence-corrected chi connectivity index (χ4v) is 3.43. The van der Waals surface area contributed by atoms with Gasteiger partial charge >= 0.3 is 5.69 Å².